The molecule has 0 saturated carbocycles. The minimum Gasteiger partial charge on any atom is -0.540 e. The maximum atomic E-state index is 5.52. The third-order valence-corrected chi connectivity index (χ3v) is 2.21. The Morgan fingerprint density at radius 3 is 2.30 bits per heavy atom. The number of hydrogen-bond acceptors (Lipinski definition) is 1. The van der Waals surface area contributed by atoms with Crippen molar-refractivity contribution in [3.8, 4) is 0 Å². The van der Waals surface area contributed by atoms with Crippen molar-refractivity contribution in [3.05, 3.63) is 23.4 Å². The first-order valence-corrected chi connectivity index (χ1v) is 7.33. The van der Waals surface area contributed by atoms with E-state index in [2.05, 4.69) is 42.1 Å². The summed E-state index contributed by atoms with van der Waals surface area (Å²) in [5.74, 6) is 0. The smallest absolute Gasteiger partial charge is 0.242 e. The second-order valence-corrected chi connectivity index (χ2v) is 8.13. The molecule has 0 saturated heterocycles. The summed E-state index contributed by atoms with van der Waals surface area (Å²) < 4.78 is 6.30. The maximum Gasteiger partial charge on any atom is 0.242 e. The molecule has 0 aliphatic heterocycles. The molecule has 0 aromatic rings. The van der Waals surface area contributed by atoms with Gasteiger partial charge in [0.25, 0.3) is 0 Å². The first-order chi connectivity index (χ1) is 4.45. The molecule has 3 heteroatoms. The third-order valence-electron chi connectivity index (χ3n) is 0.653. The molecule has 1 nitrogen and oxygen atoms in total. The van der Waals surface area contributed by atoms with Crippen molar-refractivity contribution >= 4 is 24.2 Å². The van der Waals surface area contributed by atoms with Gasteiger partial charge in [-0.05, 0) is 41.6 Å². The van der Waals surface area contributed by atoms with Crippen LogP contribution in [0.15, 0.2) is 23.4 Å². The van der Waals surface area contributed by atoms with E-state index in [1.165, 1.54) is 0 Å². The fourth-order valence-electron chi connectivity index (χ4n) is 0.419. The summed E-state index contributed by atoms with van der Waals surface area (Å²) in [6.45, 7) is 9.95. The lowest BCUT2D eigenvalue weighted by Gasteiger charge is -2.17. The lowest BCUT2D eigenvalue weighted by molar-refractivity contribution is 0.467. The van der Waals surface area contributed by atoms with E-state index >= 15 is 0 Å². The molecule has 0 radical (unpaired) electrons. The molecule has 0 aromatic heterocycles. The van der Waals surface area contributed by atoms with Gasteiger partial charge in [0, 0.05) is 0 Å². The van der Waals surface area contributed by atoms with Crippen LogP contribution >= 0.6 is 15.9 Å². The first-order valence-electron chi connectivity index (χ1n) is 3.13. The van der Waals surface area contributed by atoms with E-state index in [1.54, 1.807) is 12.2 Å². The van der Waals surface area contributed by atoms with Gasteiger partial charge >= 0.3 is 0 Å². The quantitative estimate of drug-likeness (QED) is 0.403. The molecule has 0 fully saturated rings. The molecular weight excluding hydrogens is 208 g/mol. The predicted molar refractivity (Wildman–Crippen MR) is 51.6 cm³/mol. The van der Waals surface area contributed by atoms with Crippen molar-refractivity contribution in [1.82, 2.24) is 0 Å². The summed E-state index contributed by atoms with van der Waals surface area (Å²) >= 11 is 3.28. The minimum atomic E-state index is -1.42. The summed E-state index contributed by atoms with van der Waals surface area (Å²) in [7, 11) is -1.42. The normalized spacial score (nSPS) is 13.0. The fourth-order valence-corrected chi connectivity index (χ4v) is 2.72. The summed E-state index contributed by atoms with van der Waals surface area (Å²) in [6.07, 6.45) is 3.50. The Bertz CT molecular complexity index is 146. The van der Waals surface area contributed by atoms with Crippen molar-refractivity contribution in [2.75, 3.05) is 0 Å². The molecule has 0 bridgehead atoms. The molecular formula is C7H13BrOSi. The molecule has 0 aromatic carbocycles. The Morgan fingerprint density at radius 1 is 1.50 bits per heavy atom. The highest BCUT2D eigenvalue weighted by molar-refractivity contribution is 9.11. The topological polar surface area (TPSA) is 9.23 Å². The number of halogens is 1. The zero-order valence-corrected chi connectivity index (χ0v) is 9.23. The van der Waals surface area contributed by atoms with E-state index in [0.717, 1.165) is 4.67 Å². The average molecular weight is 221 g/mol. The minimum absolute atomic E-state index is 0.779. The van der Waals surface area contributed by atoms with Crippen LogP contribution in [-0.4, -0.2) is 8.32 Å². The van der Waals surface area contributed by atoms with Gasteiger partial charge in [-0.15, -0.1) is 0 Å². The average Bonchev–Trinajstić information content (AvgIpc) is 1.59. The van der Waals surface area contributed by atoms with Crippen LogP contribution in [0.1, 0.15) is 0 Å². The van der Waals surface area contributed by atoms with Gasteiger partial charge in [0.2, 0.25) is 8.32 Å². The van der Waals surface area contributed by atoms with Gasteiger partial charge in [-0.1, -0.05) is 12.7 Å². The standard InChI is InChI=1S/C7H13BrOSi/c1-5-6-7(8)9-10(2,3)4/h5-6H,1H2,2-4H3/b7-6-. The lowest BCUT2D eigenvalue weighted by Crippen LogP contribution is -2.23. The predicted octanol–water partition coefficient (Wildman–Crippen LogP) is 3.26. The molecule has 0 aliphatic rings. The highest BCUT2D eigenvalue weighted by Gasteiger charge is 2.15. The second kappa shape index (κ2) is 3.98. The summed E-state index contributed by atoms with van der Waals surface area (Å²) in [4.78, 5) is 0. The van der Waals surface area contributed by atoms with Gasteiger partial charge in [0.1, 0.15) is 4.67 Å². The van der Waals surface area contributed by atoms with Crippen LogP contribution < -0.4 is 0 Å². The molecule has 0 heterocycles. The van der Waals surface area contributed by atoms with E-state index in [4.69, 9.17) is 4.43 Å². The molecule has 10 heavy (non-hydrogen) atoms. The molecule has 0 aliphatic carbocycles. The van der Waals surface area contributed by atoms with Crippen molar-refractivity contribution in [3.63, 3.8) is 0 Å². The van der Waals surface area contributed by atoms with Gasteiger partial charge in [0.05, 0.1) is 0 Å². The Morgan fingerprint density at radius 2 is 2.00 bits per heavy atom. The highest BCUT2D eigenvalue weighted by atomic mass is 79.9. The van der Waals surface area contributed by atoms with Gasteiger partial charge in [-0.2, -0.15) is 0 Å². The number of allylic oxidation sites excluding steroid dienone is 2. The lowest BCUT2D eigenvalue weighted by atomic mass is 10.6. The molecule has 0 spiro atoms. The van der Waals surface area contributed by atoms with Crippen LogP contribution in [0.3, 0.4) is 0 Å². The highest BCUT2D eigenvalue weighted by Crippen LogP contribution is 2.14. The van der Waals surface area contributed by atoms with Crippen LogP contribution in [0.2, 0.25) is 19.6 Å². The van der Waals surface area contributed by atoms with Gasteiger partial charge in [-0.25, -0.2) is 0 Å². The van der Waals surface area contributed by atoms with Gasteiger partial charge < -0.3 is 4.43 Å². The Balaban J connectivity index is 3.91. The molecule has 0 N–H and O–H groups in total. The van der Waals surface area contributed by atoms with Crippen LogP contribution in [0.4, 0.5) is 0 Å². The number of rotatable bonds is 3. The Labute approximate surface area is 72.0 Å². The first kappa shape index (κ1) is 9.98. The van der Waals surface area contributed by atoms with Crippen molar-refractivity contribution in [2.24, 2.45) is 0 Å². The summed E-state index contributed by atoms with van der Waals surface area (Å²) in [5.41, 5.74) is 0. The largest absolute Gasteiger partial charge is 0.540 e. The van der Waals surface area contributed by atoms with E-state index in [0.29, 0.717) is 0 Å². The molecule has 0 amide bonds. The second-order valence-electron chi connectivity index (χ2n) is 2.92. The monoisotopic (exact) mass is 220 g/mol. The van der Waals surface area contributed by atoms with E-state index in [-0.39, 0.29) is 0 Å². The van der Waals surface area contributed by atoms with Crippen molar-refractivity contribution in [2.45, 2.75) is 19.6 Å². The zero-order chi connectivity index (χ0) is 8.20. The zero-order valence-electron chi connectivity index (χ0n) is 6.65. The van der Waals surface area contributed by atoms with Crippen LogP contribution in [0.5, 0.6) is 0 Å². The summed E-state index contributed by atoms with van der Waals surface area (Å²) in [5, 5.41) is 0. The van der Waals surface area contributed by atoms with E-state index in [9.17, 15) is 0 Å². The van der Waals surface area contributed by atoms with Crippen molar-refractivity contribution < 1.29 is 4.43 Å². The van der Waals surface area contributed by atoms with Crippen molar-refractivity contribution in [1.29, 1.82) is 0 Å². The molecule has 0 rings (SSSR count). The van der Waals surface area contributed by atoms with Gasteiger partial charge in [0.15, 0.2) is 0 Å². The Hall–Kier alpha value is -0.0231. The van der Waals surface area contributed by atoms with E-state index < -0.39 is 8.32 Å². The maximum absolute atomic E-state index is 5.52. The van der Waals surface area contributed by atoms with Gasteiger partial charge in [-0.3, -0.25) is 0 Å². The molecule has 0 atom stereocenters. The van der Waals surface area contributed by atoms with Crippen LogP contribution in [-0.2, 0) is 4.43 Å². The SMILES string of the molecule is C=C/C=C(/Br)O[Si](C)(C)C. The van der Waals surface area contributed by atoms with Crippen LogP contribution in [0.25, 0.3) is 0 Å². The fraction of sp³-hybridized carbons (Fsp3) is 0.429. The summed E-state index contributed by atoms with van der Waals surface area (Å²) in [6, 6.07) is 0. The molecule has 58 valence electrons. The van der Waals surface area contributed by atoms with E-state index in [1.807, 2.05) is 0 Å². The molecule has 0 unspecified atom stereocenters. The third kappa shape index (κ3) is 6.10. The Kier molecular flexibility index (Phi) is 3.97. The van der Waals surface area contributed by atoms with Crippen LogP contribution in [0, 0.1) is 0 Å². The number of hydrogen-bond donors (Lipinski definition) is 0.